The highest BCUT2D eigenvalue weighted by atomic mass is 32.2. The summed E-state index contributed by atoms with van der Waals surface area (Å²) in [5, 5.41) is 4.77. The standard InChI is InChI=1S/C19H24N2O4S2/c1-25-18-9-8-16(27(23,24)21-11-3-2-4-12-21)14-17(18)20-19(22)10-7-15-6-5-13-26-15/h5-6,8-9,13-14H,2-4,7,10-12H2,1H3,(H,20,22). The summed E-state index contributed by atoms with van der Waals surface area (Å²) in [6.07, 6.45) is 3.79. The van der Waals surface area contributed by atoms with Gasteiger partial charge in [0.1, 0.15) is 5.75 Å². The SMILES string of the molecule is COc1ccc(S(=O)(=O)N2CCCCC2)cc1NC(=O)CCc1cccs1. The molecule has 1 aromatic carbocycles. The molecule has 0 saturated carbocycles. The number of amides is 1. The van der Waals surface area contributed by atoms with E-state index in [4.69, 9.17) is 4.74 Å². The van der Waals surface area contributed by atoms with Crippen molar-refractivity contribution in [2.75, 3.05) is 25.5 Å². The third kappa shape index (κ3) is 4.88. The molecule has 27 heavy (non-hydrogen) atoms. The molecule has 0 spiro atoms. The van der Waals surface area contributed by atoms with Gasteiger partial charge >= 0.3 is 0 Å². The van der Waals surface area contributed by atoms with E-state index in [0.717, 1.165) is 24.1 Å². The summed E-state index contributed by atoms with van der Waals surface area (Å²) in [6.45, 7) is 1.08. The van der Waals surface area contributed by atoms with Gasteiger partial charge in [0.25, 0.3) is 0 Å². The van der Waals surface area contributed by atoms with E-state index in [2.05, 4.69) is 5.32 Å². The predicted molar refractivity (Wildman–Crippen MR) is 107 cm³/mol. The molecular formula is C19H24N2O4S2. The van der Waals surface area contributed by atoms with E-state index >= 15 is 0 Å². The van der Waals surface area contributed by atoms with Crippen LogP contribution in [0.25, 0.3) is 0 Å². The van der Waals surface area contributed by atoms with Gasteiger partial charge in [0, 0.05) is 24.4 Å². The number of carbonyl (C=O) groups is 1. The van der Waals surface area contributed by atoms with Crippen LogP contribution in [-0.2, 0) is 21.2 Å². The Morgan fingerprint density at radius 1 is 1.22 bits per heavy atom. The topological polar surface area (TPSA) is 75.7 Å². The van der Waals surface area contributed by atoms with Gasteiger partial charge in [-0.05, 0) is 48.9 Å². The number of nitrogens with zero attached hydrogens (tertiary/aromatic N) is 1. The molecule has 1 fully saturated rings. The first-order valence-electron chi connectivity index (χ1n) is 9.01. The molecule has 0 unspecified atom stereocenters. The number of rotatable bonds is 7. The molecule has 0 radical (unpaired) electrons. The van der Waals surface area contributed by atoms with E-state index in [1.54, 1.807) is 17.4 Å². The van der Waals surface area contributed by atoms with E-state index in [-0.39, 0.29) is 10.8 Å². The smallest absolute Gasteiger partial charge is 0.243 e. The van der Waals surface area contributed by atoms with Crippen LogP contribution in [0, 0.1) is 0 Å². The maximum absolute atomic E-state index is 12.9. The summed E-state index contributed by atoms with van der Waals surface area (Å²) in [5.74, 6) is 0.270. The second-order valence-electron chi connectivity index (χ2n) is 6.45. The van der Waals surface area contributed by atoms with Gasteiger partial charge in [0.2, 0.25) is 15.9 Å². The van der Waals surface area contributed by atoms with Gasteiger partial charge in [-0.1, -0.05) is 12.5 Å². The van der Waals surface area contributed by atoms with Crippen molar-refractivity contribution in [3.8, 4) is 5.75 Å². The van der Waals surface area contributed by atoms with Gasteiger partial charge in [-0.2, -0.15) is 4.31 Å². The maximum Gasteiger partial charge on any atom is 0.243 e. The number of thiophene rings is 1. The molecule has 1 aliphatic rings. The van der Waals surface area contributed by atoms with Crippen LogP contribution < -0.4 is 10.1 Å². The van der Waals surface area contributed by atoms with Crippen LogP contribution in [0.15, 0.2) is 40.6 Å². The van der Waals surface area contributed by atoms with E-state index in [9.17, 15) is 13.2 Å². The molecule has 1 amide bonds. The molecule has 3 rings (SSSR count). The number of hydrogen-bond donors (Lipinski definition) is 1. The Morgan fingerprint density at radius 2 is 2.00 bits per heavy atom. The number of carbonyl (C=O) groups excluding carboxylic acids is 1. The van der Waals surface area contributed by atoms with Crippen molar-refractivity contribution in [3.05, 3.63) is 40.6 Å². The van der Waals surface area contributed by atoms with Crippen molar-refractivity contribution in [2.45, 2.75) is 37.0 Å². The zero-order chi connectivity index (χ0) is 19.3. The van der Waals surface area contributed by atoms with Crippen molar-refractivity contribution in [3.63, 3.8) is 0 Å². The first-order valence-corrected chi connectivity index (χ1v) is 11.3. The van der Waals surface area contributed by atoms with Crippen LogP contribution in [0.3, 0.4) is 0 Å². The number of piperidine rings is 1. The molecular weight excluding hydrogens is 384 g/mol. The fourth-order valence-electron chi connectivity index (χ4n) is 3.10. The molecule has 1 aliphatic heterocycles. The van der Waals surface area contributed by atoms with Crippen LogP contribution >= 0.6 is 11.3 Å². The highest BCUT2D eigenvalue weighted by molar-refractivity contribution is 7.89. The monoisotopic (exact) mass is 408 g/mol. The number of aryl methyl sites for hydroxylation is 1. The van der Waals surface area contributed by atoms with E-state index in [0.29, 0.717) is 37.4 Å². The second kappa shape index (κ2) is 8.86. The average Bonchev–Trinajstić information content (AvgIpc) is 3.20. The number of nitrogens with one attached hydrogen (secondary N) is 1. The summed E-state index contributed by atoms with van der Waals surface area (Å²) in [7, 11) is -2.07. The summed E-state index contributed by atoms with van der Waals surface area (Å²) in [4.78, 5) is 13.6. The fourth-order valence-corrected chi connectivity index (χ4v) is 5.36. The van der Waals surface area contributed by atoms with Crippen LogP contribution in [0.2, 0.25) is 0 Å². The first-order chi connectivity index (χ1) is 13.0. The normalized spacial score (nSPS) is 15.4. The number of methoxy groups -OCH3 is 1. The van der Waals surface area contributed by atoms with Crippen molar-refractivity contribution in [1.82, 2.24) is 4.31 Å². The number of sulfonamides is 1. The Morgan fingerprint density at radius 3 is 2.67 bits per heavy atom. The number of ether oxygens (including phenoxy) is 1. The largest absolute Gasteiger partial charge is 0.495 e. The van der Waals surface area contributed by atoms with Gasteiger partial charge in [-0.25, -0.2) is 8.42 Å². The Labute approximate surface area is 164 Å². The molecule has 0 atom stereocenters. The lowest BCUT2D eigenvalue weighted by Crippen LogP contribution is -2.35. The summed E-state index contributed by atoms with van der Waals surface area (Å²) in [6, 6.07) is 8.56. The van der Waals surface area contributed by atoms with Gasteiger partial charge < -0.3 is 10.1 Å². The zero-order valence-electron chi connectivity index (χ0n) is 15.3. The molecule has 6 nitrogen and oxygen atoms in total. The van der Waals surface area contributed by atoms with Crippen LogP contribution in [0.1, 0.15) is 30.6 Å². The molecule has 2 heterocycles. The van der Waals surface area contributed by atoms with Gasteiger partial charge in [-0.15, -0.1) is 11.3 Å². The first kappa shape index (κ1) is 19.9. The van der Waals surface area contributed by atoms with Crippen molar-refractivity contribution in [2.24, 2.45) is 0 Å². The predicted octanol–water partition coefficient (Wildman–Crippen LogP) is 3.50. The van der Waals surface area contributed by atoms with Crippen LogP contribution in [0.4, 0.5) is 5.69 Å². The molecule has 1 N–H and O–H groups in total. The number of anilines is 1. The molecule has 0 aliphatic carbocycles. The Kier molecular flexibility index (Phi) is 6.51. The summed E-state index contributed by atoms with van der Waals surface area (Å²) in [5.41, 5.74) is 0.381. The van der Waals surface area contributed by atoms with E-state index in [1.165, 1.54) is 23.5 Å². The van der Waals surface area contributed by atoms with Crippen molar-refractivity contribution in [1.29, 1.82) is 0 Å². The minimum absolute atomic E-state index is 0.172. The van der Waals surface area contributed by atoms with Crippen LogP contribution in [0.5, 0.6) is 5.75 Å². The van der Waals surface area contributed by atoms with Gasteiger partial charge in [-0.3, -0.25) is 4.79 Å². The minimum Gasteiger partial charge on any atom is -0.495 e. The third-order valence-electron chi connectivity index (χ3n) is 4.58. The van der Waals surface area contributed by atoms with Crippen molar-refractivity contribution >= 4 is 33.0 Å². The Balaban J connectivity index is 1.75. The average molecular weight is 409 g/mol. The Hall–Kier alpha value is -1.90. The quantitative estimate of drug-likeness (QED) is 0.761. The number of benzene rings is 1. The highest BCUT2D eigenvalue weighted by Crippen LogP contribution is 2.30. The van der Waals surface area contributed by atoms with Crippen molar-refractivity contribution < 1.29 is 17.9 Å². The lowest BCUT2D eigenvalue weighted by Gasteiger charge is -2.26. The summed E-state index contributed by atoms with van der Waals surface area (Å²) >= 11 is 1.61. The zero-order valence-corrected chi connectivity index (χ0v) is 16.9. The Bertz CT molecular complexity index is 873. The molecule has 1 saturated heterocycles. The third-order valence-corrected chi connectivity index (χ3v) is 7.41. The van der Waals surface area contributed by atoms with E-state index < -0.39 is 10.0 Å². The molecule has 2 aromatic rings. The fraction of sp³-hybridized carbons (Fsp3) is 0.421. The molecule has 146 valence electrons. The van der Waals surface area contributed by atoms with Gasteiger partial charge in [0.05, 0.1) is 17.7 Å². The lowest BCUT2D eigenvalue weighted by atomic mass is 10.2. The molecule has 0 bridgehead atoms. The highest BCUT2D eigenvalue weighted by Gasteiger charge is 2.27. The lowest BCUT2D eigenvalue weighted by molar-refractivity contribution is -0.116. The maximum atomic E-state index is 12.9. The number of hydrogen-bond acceptors (Lipinski definition) is 5. The summed E-state index contributed by atoms with van der Waals surface area (Å²) < 4.78 is 32.6. The van der Waals surface area contributed by atoms with E-state index in [1.807, 2.05) is 17.5 Å². The minimum atomic E-state index is -3.56. The second-order valence-corrected chi connectivity index (χ2v) is 9.42. The molecule has 8 heteroatoms. The van der Waals surface area contributed by atoms with Gasteiger partial charge in [0.15, 0.2) is 0 Å². The van der Waals surface area contributed by atoms with Crippen LogP contribution in [-0.4, -0.2) is 38.8 Å². The molecule has 1 aromatic heterocycles.